The lowest BCUT2D eigenvalue weighted by Gasteiger charge is -2.01. The fraction of sp³-hybridized carbons (Fsp3) is 0.333. The third-order valence-corrected chi connectivity index (χ3v) is 0.830. The minimum absolute atomic E-state index is 0.150. The Bertz CT molecular complexity index is 167. The molecule has 0 aromatic heterocycles. The highest BCUT2D eigenvalue weighted by atomic mass is 16.2. The highest BCUT2D eigenvalue weighted by molar-refractivity contribution is 5.82. The first kappa shape index (κ1) is 9.48. The van der Waals surface area contributed by atoms with Crippen LogP contribution in [0.25, 0.3) is 0 Å². The van der Waals surface area contributed by atoms with Gasteiger partial charge in [-0.15, -0.1) is 6.58 Å². The summed E-state index contributed by atoms with van der Waals surface area (Å²) in [7, 11) is 0. The molecule has 0 saturated heterocycles. The van der Waals surface area contributed by atoms with Gasteiger partial charge in [-0.1, -0.05) is 6.08 Å². The monoisotopic (exact) mass is 157 g/mol. The number of nitrogens with one attached hydrogen (secondary N) is 2. The minimum atomic E-state index is -0.571. The number of nitrogens with two attached hydrogens (primary N) is 1. The van der Waals surface area contributed by atoms with Crippen molar-refractivity contribution in [1.29, 1.82) is 0 Å². The number of amides is 3. The molecule has 3 amide bonds. The van der Waals surface area contributed by atoms with Crippen LogP contribution in [-0.2, 0) is 4.79 Å². The summed E-state index contributed by atoms with van der Waals surface area (Å²) in [6.07, 6.45) is 1.53. The molecule has 0 fully saturated rings. The van der Waals surface area contributed by atoms with Gasteiger partial charge in [-0.2, -0.15) is 0 Å². The van der Waals surface area contributed by atoms with E-state index in [0.717, 1.165) is 0 Å². The van der Waals surface area contributed by atoms with Crippen molar-refractivity contribution in [3.63, 3.8) is 0 Å². The number of carbonyl (C=O) groups is 2. The number of urea groups is 1. The lowest BCUT2D eigenvalue weighted by Crippen LogP contribution is -2.40. The summed E-state index contributed by atoms with van der Waals surface area (Å²) in [5.41, 5.74) is 4.77. The quantitative estimate of drug-likeness (QED) is 0.455. The van der Waals surface area contributed by atoms with Crippen molar-refractivity contribution in [2.75, 3.05) is 13.1 Å². The number of carbonyl (C=O) groups excluding carboxylic acids is 2. The van der Waals surface area contributed by atoms with Crippen molar-refractivity contribution in [3.8, 4) is 0 Å². The van der Waals surface area contributed by atoms with Crippen molar-refractivity contribution in [2.24, 2.45) is 5.73 Å². The average molecular weight is 157 g/mol. The molecule has 11 heavy (non-hydrogen) atoms. The maximum absolute atomic E-state index is 10.6. The van der Waals surface area contributed by atoms with Crippen LogP contribution in [-0.4, -0.2) is 25.0 Å². The Morgan fingerprint density at radius 3 is 2.55 bits per heavy atom. The number of rotatable bonds is 4. The van der Waals surface area contributed by atoms with Gasteiger partial charge in [-0.05, 0) is 0 Å². The molecule has 0 aliphatic carbocycles. The van der Waals surface area contributed by atoms with E-state index in [-0.39, 0.29) is 6.54 Å². The van der Waals surface area contributed by atoms with Gasteiger partial charge >= 0.3 is 6.03 Å². The van der Waals surface area contributed by atoms with Gasteiger partial charge in [-0.3, -0.25) is 4.79 Å². The molecule has 0 radical (unpaired) electrons. The lowest BCUT2D eigenvalue weighted by atomic mass is 10.6. The average Bonchev–Trinajstić information content (AvgIpc) is 1.97. The normalized spacial score (nSPS) is 8.36. The van der Waals surface area contributed by atoms with Crippen LogP contribution in [0.5, 0.6) is 0 Å². The zero-order valence-corrected chi connectivity index (χ0v) is 6.09. The van der Waals surface area contributed by atoms with Crippen LogP contribution in [0.3, 0.4) is 0 Å². The van der Waals surface area contributed by atoms with Crippen LogP contribution in [0, 0.1) is 0 Å². The Morgan fingerprint density at radius 1 is 1.45 bits per heavy atom. The third kappa shape index (κ3) is 6.36. The van der Waals surface area contributed by atoms with Crippen LogP contribution < -0.4 is 16.4 Å². The summed E-state index contributed by atoms with van der Waals surface area (Å²) < 4.78 is 0. The van der Waals surface area contributed by atoms with E-state index < -0.39 is 11.9 Å². The van der Waals surface area contributed by atoms with E-state index in [0.29, 0.717) is 6.54 Å². The van der Waals surface area contributed by atoms with E-state index in [1.807, 2.05) is 0 Å². The topological polar surface area (TPSA) is 84.2 Å². The van der Waals surface area contributed by atoms with Crippen molar-refractivity contribution in [2.45, 2.75) is 0 Å². The van der Waals surface area contributed by atoms with Gasteiger partial charge in [0.25, 0.3) is 0 Å². The molecule has 0 aromatic rings. The molecular formula is C6H11N3O2. The second-order valence-corrected chi connectivity index (χ2v) is 1.82. The van der Waals surface area contributed by atoms with E-state index in [1.54, 1.807) is 0 Å². The molecule has 5 nitrogen and oxygen atoms in total. The van der Waals surface area contributed by atoms with Gasteiger partial charge in [-0.25, -0.2) is 4.79 Å². The SMILES string of the molecule is C=CCNC(=O)NCC(N)=O. The summed E-state index contributed by atoms with van der Waals surface area (Å²) in [4.78, 5) is 20.8. The fourth-order valence-corrected chi connectivity index (χ4v) is 0.395. The molecule has 0 saturated carbocycles. The molecule has 0 atom stereocenters. The lowest BCUT2D eigenvalue weighted by molar-refractivity contribution is -0.117. The van der Waals surface area contributed by atoms with Crippen LogP contribution in [0.1, 0.15) is 0 Å². The Balaban J connectivity index is 3.37. The Labute approximate surface area is 64.6 Å². The first-order valence-corrected chi connectivity index (χ1v) is 3.07. The maximum atomic E-state index is 10.6. The molecule has 0 aliphatic heterocycles. The largest absolute Gasteiger partial charge is 0.368 e. The molecule has 0 aliphatic rings. The first-order chi connectivity index (χ1) is 5.16. The van der Waals surface area contributed by atoms with Gasteiger partial charge in [0.05, 0.1) is 6.54 Å². The molecule has 62 valence electrons. The summed E-state index contributed by atoms with van der Waals surface area (Å²) in [5.74, 6) is -0.571. The first-order valence-electron chi connectivity index (χ1n) is 3.07. The Kier molecular flexibility index (Phi) is 4.55. The number of primary amides is 1. The summed E-state index contributed by atoms with van der Waals surface area (Å²) in [6, 6.07) is -0.427. The molecule has 5 heteroatoms. The van der Waals surface area contributed by atoms with Crippen LogP contribution in [0.4, 0.5) is 4.79 Å². The predicted octanol–water partition coefficient (Wildman–Crippen LogP) is -1.04. The number of hydrogen-bond acceptors (Lipinski definition) is 2. The van der Waals surface area contributed by atoms with Crippen LogP contribution in [0.15, 0.2) is 12.7 Å². The van der Waals surface area contributed by atoms with E-state index in [4.69, 9.17) is 5.73 Å². The van der Waals surface area contributed by atoms with Crippen LogP contribution >= 0.6 is 0 Å². The van der Waals surface area contributed by atoms with E-state index in [2.05, 4.69) is 17.2 Å². The molecule has 0 heterocycles. The molecule has 0 aromatic carbocycles. The predicted molar refractivity (Wildman–Crippen MR) is 40.8 cm³/mol. The summed E-state index contributed by atoms with van der Waals surface area (Å²) >= 11 is 0. The smallest absolute Gasteiger partial charge is 0.315 e. The third-order valence-electron chi connectivity index (χ3n) is 0.830. The van der Waals surface area contributed by atoms with Gasteiger partial charge < -0.3 is 16.4 Å². The van der Waals surface area contributed by atoms with E-state index in [1.165, 1.54) is 6.08 Å². The summed E-state index contributed by atoms with van der Waals surface area (Å²) in [6.45, 7) is 3.61. The van der Waals surface area contributed by atoms with Crippen LogP contribution in [0.2, 0.25) is 0 Å². The highest BCUT2D eigenvalue weighted by Gasteiger charge is 1.98. The van der Waals surface area contributed by atoms with E-state index in [9.17, 15) is 9.59 Å². The standard InChI is InChI=1S/C6H11N3O2/c1-2-3-8-6(11)9-4-5(7)10/h2H,1,3-4H2,(H2,7,10)(H2,8,9,11). The Morgan fingerprint density at radius 2 is 2.09 bits per heavy atom. The second kappa shape index (κ2) is 5.28. The second-order valence-electron chi connectivity index (χ2n) is 1.82. The molecule has 0 bridgehead atoms. The van der Waals surface area contributed by atoms with E-state index >= 15 is 0 Å². The van der Waals surface area contributed by atoms with Crippen molar-refractivity contribution in [3.05, 3.63) is 12.7 Å². The zero-order chi connectivity index (χ0) is 8.69. The van der Waals surface area contributed by atoms with Crippen molar-refractivity contribution < 1.29 is 9.59 Å². The zero-order valence-electron chi connectivity index (χ0n) is 6.09. The van der Waals surface area contributed by atoms with Gasteiger partial charge in [0.2, 0.25) is 5.91 Å². The fourth-order valence-electron chi connectivity index (χ4n) is 0.395. The summed E-state index contributed by atoms with van der Waals surface area (Å²) in [5, 5.41) is 4.66. The van der Waals surface area contributed by atoms with Crippen molar-refractivity contribution in [1.82, 2.24) is 10.6 Å². The molecule has 0 spiro atoms. The number of hydrogen-bond donors (Lipinski definition) is 3. The Hall–Kier alpha value is -1.52. The maximum Gasteiger partial charge on any atom is 0.315 e. The molecular weight excluding hydrogens is 146 g/mol. The molecule has 4 N–H and O–H groups in total. The highest BCUT2D eigenvalue weighted by Crippen LogP contribution is 1.64. The molecule has 0 unspecified atom stereocenters. The van der Waals surface area contributed by atoms with Gasteiger partial charge in [0.1, 0.15) is 0 Å². The van der Waals surface area contributed by atoms with Crippen molar-refractivity contribution >= 4 is 11.9 Å². The minimum Gasteiger partial charge on any atom is -0.368 e. The molecule has 0 rings (SSSR count). The van der Waals surface area contributed by atoms with Gasteiger partial charge in [0.15, 0.2) is 0 Å². The van der Waals surface area contributed by atoms with Gasteiger partial charge in [0, 0.05) is 6.54 Å².